The van der Waals surface area contributed by atoms with Crippen molar-refractivity contribution in [3.63, 3.8) is 0 Å². The standard InChI is InChI=1S/C10H13N3OS/c1-6(2)10-12-9(13-14-10)8(11)7-4-3-5-15-7/h3-6,8H,11H2,1-2H3. The topological polar surface area (TPSA) is 64.9 Å². The summed E-state index contributed by atoms with van der Waals surface area (Å²) in [6, 6.07) is 3.66. The maximum atomic E-state index is 6.00. The first kappa shape index (κ1) is 10.3. The van der Waals surface area contributed by atoms with E-state index in [4.69, 9.17) is 10.3 Å². The molecule has 0 bridgehead atoms. The number of nitrogens with two attached hydrogens (primary N) is 1. The molecule has 0 amide bonds. The molecular weight excluding hydrogens is 210 g/mol. The second-order valence-corrected chi connectivity index (χ2v) is 4.62. The van der Waals surface area contributed by atoms with Crippen LogP contribution in [-0.2, 0) is 0 Å². The van der Waals surface area contributed by atoms with Crippen LogP contribution < -0.4 is 5.73 Å². The van der Waals surface area contributed by atoms with Gasteiger partial charge in [-0.05, 0) is 11.4 Å². The Labute approximate surface area is 92.1 Å². The molecule has 2 N–H and O–H groups in total. The molecule has 1 unspecified atom stereocenters. The van der Waals surface area contributed by atoms with Gasteiger partial charge in [-0.3, -0.25) is 0 Å². The third kappa shape index (κ3) is 2.08. The van der Waals surface area contributed by atoms with Crippen LogP contribution in [0.4, 0.5) is 0 Å². The van der Waals surface area contributed by atoms with Gasteiger partial charge in [-0.25, -0.2) is 0 Å². The zero-order chi connectivity index (χ0) is 10.8. The Morgan fingerprint density at radius 1 is 1.47 bits per heavy atom. The van der Waals surface area contributed by atoms with Crippen LogP contribution in [0.2, 0.25) is 0 Å². The maximum Gasteiger partial charge on any atom is 0.229 e. The van der Waals surface area contributed by atoms with Gasteiger partial charge in [-0.2, -0.15) is 4.98 Å². The summed E-state index contributed by atoms with van der Waals surface area (Å²) in [7, 11) is 0. The highest BCUT2D eigenvalue weighted by atomic mass is 32.1. The molecule has 4 nitrogen and oxygen atoms in total. The first-order valence-electron chi connectivity index (χ1n) is 4.81. The first-order chi connectivity index (χ1) is 7.18. The lowest BCUT2D eigenvalue weighted by Crippen LogP contribution is -2.12. The summed E-state index contributed by atoms with van der Waals surface area (Å²) in [6.45, 7) is 4.02. The minimum absolute atomic E-state index is 0.238. The van der Waals surface area contributed by atoms with E-state index in [1.165, 1.54) is 0 Å². The lowest BCUT2D eigenvalue weighted by atomic mass is 10.2. The first-order valence-corrected chi connectivity index (χ1v) is 5.69. The monoisotopic (exact) mass is 223 g/mol. The summed E-state index contributed by atoms with van der Waals surface area (Å²) >= 11 is 1.60. The predicted octanol–water partition coefficient (Wildman–Crippen LogP) is 2.30. The number of hydrogen-bond acceptors (Lipinski definition) is 5. The van der Waals surface area contributed by atoms with Crippen molar-refractivity contribution in [1.29, 1.82) is 0 Å². The molecule has 2 rings (SSSR count). The fraction of sp³-hybridized carbons (Fsp3) is 0.400. The molecule has 0 fully saturated rings. The van der Waals surface area contributed by atoms with Crippen LogP contribution in [0, 0.1) is 0 Å². The van der Waals surface area contributed by atoms with E-state index in [0.717, 1.165) is 4.88 Å². The molecule has 80 valence electrons. The Morgan fingerprint density at radius 2 is 2.27 bits per heavy atom. The van der Waals surface area contributed by atoms with Gasteiger partial charge in [0.1, 0.15) is 6.04 Å². The highest BCUT2D eigenvalue weighted by Gasteiger charge is 2.17. The van der Waals surface area contributed by atoms with E-state index in [-0.39, 0.29) is 12.0 Å². The van der Waals surface area contributed by atoms with Gasteiger partial charge in [0, 0.05) is 10.8 Å². The van der Waals surface area contributed by atoms with E-state index >= 15 is 0 Å². The molecule has 2 aromatic heterocycles. The fourth-order valence-corrected chi connectivity index (χ4v) is 1.93. The summed E-state index contributed by atoms with van der Waals surface area (Å²) < 4.78 is 5.11. The normalized spacial score (nSPS) is 13.3. The summed E-state index contributed by atoms with van der Waals surface area (Å²) in [5.74, 6) is 1.43. The highest BCUT2D eigenvalue weighted by molar-refractivity contribution is 7.10. The third-order valence-electron chi connectivity index (χ3n) is 2.08. The Kier molecular flexibility index (Phi) is 2.83. The number of rotatable bonds is 3. The van der Waals surface area contributed by atoms with E-state index in [1.54, 1.807) is 11.3 Å². The van der Waals surface area contributed by atoms with Crippen LogP contribution >= 0.6 is 11.3 Å². The highest BCUT2D eigenvalue weighted by Crippen LogP contribution is 2.22. The molecule has 0 aromatic carbocycles. The van der Waals surface area contributed by atoms with E-state index in [0.29, 0.717) is 11.7 Å². The molecule has 0 saturated carbocycles. The van der Waals surface area contributed by atoms with E-state index < -0.39 is 0 Å². The molecule has 0 radical (unpaired) electrons. The van der Waals surface area contributed by atoms with Gasteiger partial charge in [-0.15, -0.1) is 11.3 Å². The molecule has 15 heavy (non-hydrogen) atoms. The van der Waals surface area contributed by atoms with Crippen LogP contribution in [0.3, 0.4) is 0 Å². The van der Waals surface area contributed by atoms with Crippen molar-refractivity contribution in [2.45, 2.75) is 25.8 Å². The zero-order valence-corrected chi connectivity index (χ0v) is 9.49. The average molecular weight is 223 g/mol. The minimum Gasteiger partial charge on any atom is -0.339 e. The van der Waals surface area contributed by atoms with Gasteiger partial charge >= 0.3 is 0 Å². The van der Waals surface area contributed by atoms with Gasteiger partial charge in [0.15, 0.2) is 5.82 Å². The lowest BCUT2D eigenvalue weighted by molar-refractivity contribution is 0.359. The number of aromatic nitrogens is 2. The third-order valence-corrected chi connectivity index (χ3v) is 3.03. The van der Waals surface area contributed by atoms with E-state index in [2.05, 4.69) is 10.1 Å². The molecule has 2 aromatic rings. The van der Waals surface area contributed by atoms with Gasteiger partial charge in [0.2, 0.25) is 5.89 Å². The largest absolute Gasteiger partial charge is 0.339 e. The Morgan fingerprint density at radius 3 is 2.80 bits per heavy atom. The lowest BCUT2D eigenvalue weighted by Gasteiger charge is -2.02. The molecule has 2 heterocycles. The van der Waals surface area contributed by atoms with Gasteiger partial charge in [-0.1, -0.05) is 25.1 Å². The van der Waals surface area contributed by atoms with Crippen molar-refractivity contribution in [3.05, 3.63) is 34.1 Å². The van der Waals surface area contributed by atoms with Crippen LogP contribution in [0.25, 0.3) is 0 Å². The van der Waals surface area contributed by atoms with E-state index in [1.807, 2.05) is 31.4 Å². The zero-order valence-electron chi connectivity index (χ0n) is 8.68. The molecule has 0 aliphatic carbocycles. The number of hydrogen-bond donors (Lipinski definition) is 1. The molecule has 0 saturated heterocycles. The van der Waals surface area contributed by atoms with Gasteiger partial charge in [0.05, 0.1) is 0 Å². The summed E-state index contributed by atoms with van der Waals surface area (Å²) in [5.41, 5.74) is 6.00. The minimum atomic E-state index is -0.277. The van der Waals surface area contributed by atoms with Gasteiger partial charge < -0.3 is 10.3 Å². The Balaban J connectivity index is 2.23. The summed E-state index contributed by atoms with van der Waals surface area (Å²) in [4.78, 5) is 5.32. The molecule has 0 spiro atoms. The van der Waals surface area contributed by atoms with Crippen LogP contribution in [0.15, 0.2) is 22.0 Å². The van der Waals surface area contributed by atoms with E-state index in [9.17, 15) is 0 Å². The SMILES string of the molecule is CC(C)c1nc(C(N)c2cccs2)no1. The molecule has 1 atom stereocenters. The molecule has 5 heteroatoms. The van der Waals surface area contributed by atoms with Crippen molar-refractivity contribution in [3.8, 4) is 0 Å². The second-order valence-electron chi connectivity index (χ2n) is 3.64. The van der Waals surface area contributed by atoms with Crippen molar-refractivity contribution < 1.29 is 4.52 Å². The average Bonchev–Trinajstić information content (AvgIpc) is 2.88. The van der Waals surface area contributed by atoms with Crippen LogP contribution in [-0.4, -0.2) is 10.1 Å². The number of nitrogens with zero attached hydrogens (tertiary/aromatic N) is 2. The van der Waals surface area contributed by atoms with Crippen LogP contribution in [0.1, 0.15) is 42.4 Å². The fourth-order valence-electron chi connectivity index (χ4n) is 1.20. The van der Waals surface area contributed by atoms with Crippen LogP contribution in [0.5, 0.6) is 0 Å². The van der Waals surface area contributed by atoms with Crippen molar-refractivity contribution in [1.82, 2.24) is 10.1 Å². The molecular formula is C10H13N3OS. The molecule has 0 aliphatic heterocycles. The number of thiophene rings is 1. The Bertz CT molecular complexity index is 422. The maximum absolute atomic E-state index is 6.00. The summed E-state index contributed by atoms with van der Waals surface area (Å²) in [5, 5.41) is 5.87. The summed E-state index contributed by atoms with van der Waals surface area (Å²) in [6.07, 6.45) is 0. The predicted molar refractivity (Wildman–Crippen MR) is 58.7 cm³/mol. The van der Waals surface area contributed by atoms with Gasteiger partial charge in [0.25, 0.3) is 0 Å². The van der Waals surface area contributed by atoms with Crippen molar-refractivity contribution >= 4 is 11.3 Å². The smallest absolute Gasteiger partial charge is 0.229 e. The quantitative estimate of drug-likeness (QED) is 0.867. The molecule has 0 aliphatic rings. The van der Waals surface area contributed by atoms with Crippen molar-refractivity contribution in [2.75, 3.05) is 0 Å². The van der Waals surface area contributed by atoms with Crippen molar-refractivity contribution in [2.24, 2.45) is 5.73 Å². The second kappa shape index (κ2) is 4.12. The Hall–Kier alpha value is -1.20.